The van der Waals surface area contributed by atoms with Crippen LogP contribution in [0.4, 0.5) is 8.78 Å². The second-order valence-electron chi connectivity index (χ2n) is 6.06. The van der Waals surface area contributed by atoms with Crippen LogP contribution in [0.1, 0.15) is 30.4 Å². The van der Waals surface area contributed by atoms with Crippen molar-refractivity contribution in [2.75, 3.05) is 26.2 Å². The summed E-state index contributed by atoms with van der Waals surface area (Å²) in [5, 5.41) is 17.7. The Kier molecular flexibility index (Phi) is 8.31. The van der Waals surface area contributed by atoms with Gasteiger partial charge in [-0.2, -0.15) is 0 Å². The Labute approximate surface area is 152 Å². The number of aliphatic hydroxyl groups is 1. The van der Waals surface area contributed by atoms with Crippen molar-refractivity contribution in [1.82, 2.24) is 4.90 Å². The number of ether oxygens (including phenoxy) is 1. The lowest BCUT2D eigenvalue weighted by atomic mass is 10.2. The second kappa shape index (κ2) is 10.7. The minimum atomic E-state index is -2.60. The van der Waals surface area contributed by atoms with Crippen molar-refractivity contribution >= 4 is 0 Å². The van der Waals surface area contributed by atoms with Gasteiger partial charge in [-0.1, -0.05) is 24.3 Å². The summed E-state index contributed by atoms with van der Waals surface area (Å²) in [6.07, 6.45) is 0.0531. The molecule has 2 aromatic rings. The first kappa shape index (κ1) is 20.1. The van der Waals surface area contributed by atoms with E-state index in [0.29, 0.717) is 0 Å². The summed E-state index contributed by atoms with van der Waals surface area (Å²) in [6, 6.07) is 13.0. The molecule has 142 valence electrons. The van der Waals surface area contributed by atoms with Crippen molar-refractivity contribution in [1.29, 1.82) is 0 Å². The Bertz CT molecular complexity index is 644. The first-order valence-electron chi connectivity index (χ1n) is 8.71. The third-order valence-corrected chi connectivity index (χ3v) is 4.15. The van der Waals surface area contributed by atoms with Gasteiger partial charge in [0, 0.05) is 6.54 Å². The molecule has 2 aromatic carbocycles. The number of phenolic OH excluding ortho intramolecular Hbond substituents is 1. The molecule has 0 saturated carbocycles. The molecule has 0 bridgehead atoms. The minimum Gasteiger partial charge on any atom is -0.507 e. The normalized spacial score (nSPS) is 14.2. The van der Waals surface area contributed by atoms with E-state index in [0.717, 1.165) is 24.5 Å². The molecule has 1 aliphatic rings. The van der Waals surface area contributed by atoms with Crippen LogP contribution in [0.3, 0.4) is 0 Å². The van der Waals surface area contributed by atoms with Crippen molar-refractivity contribution in [3.05, 3.63) is 59.7 Å². The summed E-state index contributed by atoms with van der Waals surface area (Å²) >= 11 is 0. The number of aromatic hydroxyl groups is 1. The van der Waals surface area contributed by atoms with E-state index in [1.165, 1.54) is 50.2 Å². The van der Waals surface area contributed by atoms with E-state index in [1.807, 2.05) is 24.3 Å². The van der Waals surface area contributed by atoms with Crippen LogP contribution in [0.15, 0.2) is 48.5 Å². The van der Waals surface area contributed by atoms with E-state index in [9.17, 15) is 8.78 Å². The maximum absolute atomic E-state index is 11.9. The predicted molar refractivity (Wildman–Crippen MR) is 96.6 cm³/mol. The van der Waals surface area contributed by atoms with Gasteiger partial charge in [0.2, 0.25) is 0 Å². The molecule has 0 amide bonds. The maximum atomic E-state index is 11.9. The van der Waals surface area contributed by atoms with Gasteiger partial charge in [-0.15, -0.1) is 0 Å². The molecule has 1 heterocycles. The highest BCUT2D eigenvalue weighted by Crippen LogP contribution is 2.26. The molecule has 0 spiro atoms. The number of halogens is 2. The number of rotatable bonds is 6. The molecule has 0 aliphatic carbocycles. The lowest BCUT2D eigenvalue weighted by Crippen LogP contribution is -2.25. The Hall–Kier alpha value is -2.18. The highest BCUT2D eigenvalue weighted by Gasteiger charge is 2.11. The summed E-state index contributed by atoms with van der Waals surface area (Å²) in [5.41, 5.74) is 0.606. The van der Waals surface area contributed by atoms with Crippen LogP contribution in [0.2, 0.25) is 0 Å². The highest BCUT2D eigenvalue weighted by molar-refractivity contribution is 5.32. The fraction of sp³-hybridized carbons (Fsp3) is 0.400. The van der Waals surface area contributed by atoms with Gasteiger partial charge >= 0.3 is 0 Å². The average molecular weight is 365 g/mol. The fourth-order valence-electron chi connectivity index (χ4n) is 2.66. The molecule has 0 aromatic heterocycles. The van der Waals surface area contributed by atoms with E-state index in [-0.39, 0.29) is 17.9 Å². The summed E-state index contributed by atoms with van der Waals surface area (Å²) in [7, 11) is 0. The Morgan fingerprint density at radius 2 is 1.65 bits per heavy atom. The highest BCUT2D eigenvalue weighted by atomic mass is 19.3. The lowest BCUT2D eigenvalue weighted by molar-refractivity contribution is 0.147. The van der Waals surface area contributed by atoms with E-state index < -0.39 is 6.43 Å². The Balaban J connectivity index is 0.000000209. The Morgan fingerprint density at radius 1 is 1.00 bits per heavy atom. The number of para-hydroxylation sites is 1. The number of nitrogens with zero attached hydrogens (tertiary/aromatic N) is 1. The van der Waals surface area contributed by atoms with Gasteiger partial charge in [0.15, 0.2) is 0 Å². The Morgan fingerprint density at radius 3 is 2.19 bits per heavy atom. The van der Waals surface area contributed by atoms with Crippen molar-refractivity contribution in [2.45, 2.75) is 25.9 Å². The number of aliphatic hydroxyl groups excluding tert-OH is 1. The topological polar surface area (TPSA) is 52.9 Å². The molecule has 3 rings (SSSR count). The third kappa shape index (κ3) is 6.61. The third-order valence-electron chi connectivity index (χ3n) is 4.15. The van der Waals surface area contributed by atoms with Crippen molar-refractivity contribution in [3.63, 3.8) is 0 Å². The minimum absolute atomic E-state index is 0.0913. The second-order valence-corrected chi connectivity index (χ2v) is 6.06. The van der Waals surface area contributed by atoms with Gasteiger partial charge in [-0.25, -0.2) is 8.78 Å². The average Bonchev–Trinajstić information content (AvgIpc) is 3.16. The van der Waals surface area contributed by atoms with Crippen molar-refractivity contribution in [3.8, 4) is 11.5 Å². The van der Waals surface area contributed by atoms with E-state index in [1.54, 1.807) is 0 Å². The molecule has 0 atom stereocenters. The smallest absolute Gasteiger partial charge is 0.267 e. The molecule has 6 heteroatoms. The van der Waals surface area contributed by atoms with Gasteiger partial charge in [0.25, 0.3) is 6.43 Å². The molecule has 1 saturated heterocycles. The first-order valence-corrected chi connectivity index (χ1v) is 8.71. The maximum Gasteiger partial charge on any atom is 0.267 e. The van der Waals surface area contributed by atoms with Gasteiger partial charge in [0.1, 0.15) is 18.1 Å². The quantitative estimate of drug-likeness (QED) is 0.813. The number of benzene rings is 2. The summed E-state index contributed by atoms with van der Waals surface area (Å²) in [5.74, 6) is 0.536. The molecule has 4 nitrogen and oxygen atoms in total. The standard InChI is InChI=1S/C13H19NO2.C7H6F2O/c15-11-12-3-5-13(6-4-12)16-10-9-14-7-1-2-8-14;8-7(9)5-3-1-2-4-6(5)10/h3-6,15H,1-2,7-11H2;1-4,7,10H. The van der Waals surface area contributed by atoms with Crippen LogP contribution in [-0.2, 0) is 6.61 Å². The molecule has 0 radical (unpaired) electrons. The molecule has 26 heavy (non-hydrogen) atoms. The number of hydrogen-bond donors (Lipinski definition) is 2. The molecule has 1 aliphatic heterocycles. The zero-order valence-corrected chi connectivity index (χ0v) is 14.7. The number of alkyl halides is 2. The van der Waals surface area contributed by atoms with E-state index >= 15 is 0 Å². The molecular formula is C20H25F2NO3. The lowest BCUT2D eigenvalue weighted by Gasteiger charge is -2.14. The number of hydrogen-bond acceptors (Lipinski definition) is 4. The van der Waals surface area contributed by atoms with Gasteiger partial charge in [-0.3, -0.25) is 4.90 Å². The van der Waals surface area contributed by atoms with E-state index in [2.05, 4.69) is 4.90 Å². The SMILES string of the molecule is OCc1ccc(OCCN2CCCC2)cc1.Oc1ccccc1C(F)F. The molecular weight excluding hydrogens is 340 g/mol. The fourth-order valence-corrected chi connectivity index (χ4v) is 2.66. The summed E-state index contributed by atoms with van der Waals surface area (Å²) in [4.78, 5) is 2.43. The molecule has 1 fully saturated rings. The van der Waals surface area contributed by atoms with E-state index in [4.69, 9.17) is 14.9 Å². The van der Waals surface area contributed by atoms with Crippen LogP contribution < -0.4 is 4.74 Å². The number of likely N-dealkylation sites (tertiary alicyclic amines) is 1. The van der Waals surface area contributed by atoms with Crippen LogP contribution in [0, 0.1) is 0 Å². The summed E-state index contributed by atoms with van der Waals surface area (Å²) < 4.78 is 29.4. The van der Waals surface area contributed by atoms with Gasteiger partial charge in [-0.05, 0) is 55.8 Å². The van der Waals surface area contributed by atoms with Crippen molar-refractivity contribution < 1.29 is 23.7 Å². The number of phenols is 1. The van der Waals surface area contributed by atoms with Crippen LogP contribution in [0.25, 0.3) is 0 Å². The molecule has 2 N–H and O–H groups in total. The van der Waals surface area contributed by atoms with Gasteiger partial charge in [0.05, 0.1) is 12.2 Å². The molecule has 0 unspecified atom stereocenters. The van der Waals surface area contributed by atoms with Crippen LogP contribution in [0.5, 0.6) is 11.5 Å². The van der Waals surface area contributed by atoms with Gasteiger partial charge < -0.3 is 14.9 Å². The zero-order valence-electron chi connectivity index (χ0n) is 14.7. The monoisotopic (exact) mass is 365 g/mol. The first-order chi connectivity index (χ1) is 12.6. The predicted octanol–water partition coefficient (Wildman–Crippen LogP) is 3.98. The summed E-state index contributed by atoms with van der Waals surface area (Å²) in [6.45, 7) is 4.29. The van der Waals surface area contributed by atoms with Crippen LogP contribution >= 0.6 is 0 Å². The van der Waals surface area contributed by atoms with Crippen molar-refractivity contribution in [2.24, 2.45) is 0 Å². The van der Waals surface area contributed by atoms with Crippen LogP contribution in [-0.4, -0.2) is 41.4 Å². The zero-order chi connectivity index (χ0) is 18.8. The largest absolute Gasteiger partial charge is 0.507 e.